The number of hydrogen-bond donors (Lipinski definition) is 2. The third-order valence-electron chi connectivity index (χ3n) is 4.30. The van der Waals surface area contributed by atoms with Crippen LogP contribution in [0.5, 0.6) is 0 Å². The summed E-state index contributed by atoms with van der Waals surface area (Å²) in [5, 5.41) is 6.00. The zero-order chi connectivity index (χ0) is 16.9. The fourth-order valence-electron chi connectivity index (χ4n) is 3.03. The van der Waals surface area contributed by atoms with Gasteiger partial charge in [-0.2, -0.15) is 0 Å². The first-order valence-corrected chi connectivity index (χ1v) is 9.10. The summed E-state index contributed by atoms with van der Waals surface area (Å²) in [5.74, 6) is 0. The van der Waals surface area contributed by atoms with Gasteiger partial charge in [0.25, 0.3) is 0 Å². The van der Waals surface area contributed by atoms with Gasteiger partial charge in [-0.3, -0.25) is 0 Å². The van der Waals surface area contributed by atoms with Crippen molar-refractivity contribution in [3.8, 4) is 0 Å². The molecule has 5 heteroatoms. The van der Waals surface area contributed by atoms with Crippen molar-refractivity contribution in [2.45, 2.75) is 25.8 Å². The Morgan fingerprint density at radius 3 is 2.62 bits per heavy atom. The molecule has 3 rings (SSSR count). The molecule has 0 radical (unpaired) electrons. The molecule has 4 nitrogen and oxygen atoms in total. The molecule has 2 N–H and O–H groups in total. The van der Waals surface area contributed by atoms with Gasteiger partial charge in [0.05, 0.1) is 17.4 Å². The maximum absolute atomic E-state index is 12.4. The van der Waals surface area contributed by atoms with Gasteiger partial charge in [0.1, 0.15) is 0 Å². The maximum Gasteiger partial charge on any atom is 0.319 e. The van der Waals surface area contributed by atoms with Crippen molar-refractivity contribution in [1.82, 2.24) is 5.32 Å². The second-order valence-electron chi connectivity index (χ2n) is 6.09. The zero-order valence-electron chi connectivity index (χ0n) is 13.8. The number of para-hydroxylation sites is 2. The molecular formula is C19H22BrN3O. The van der Waals surface area contributed by atoms with E-state index in [0.29, 0.717) is 0 Å². The SMILES string of the molecule is CC(NC(=O)Nc1ccccc1N1CCCC1)c1cccc(Br)c1. The van der Waals surface area contributed by atoms with Crippen molar-refractivity contribution in [2.75, 3.05) is 23.3 Å². The molecule has 1 heterocycles. The molecule has 2 amide bonds. The molecule has 24 heavy (non-hydrogen) atoms. The van der Waals surface area contributed by atoms with E-state index in [1.807, 2.05) is 49.4 Å². The van der Waals surface area contributed by atoms with E-state index >= 15 is 0 Å². The van der Waals surface area contributed by atoms with Crippen LogP contribution in [0.2, 0.25) is 0 Å². The summed E-state index contributed by atoms with van der Waals surface area (Å²) < 4.78 is 1.01. The zero-order valence-corrected chi connectivity index (χ0v) is 15.3. The third-order valence-corrected chi connectivity index (χ3v) is 4.79. The Balaban J connectivity index is 1.67. The number of carbonyl (C=O) groups is 1. The molecule has 1 saturated heterocycles. The molecular weight excluding hydrogens is 366 g/mol. The molecule has 1 atom stereocenters. The van der Waals surface area contributed by atoms with Gasteiger partial charge in [-0.1, -0.05) is 40.2 Å². The number of nitrogens with one attached hydrogen (secondary N) is 2. The maximum atomic E-state index is 12.4. The van der Waals surface area contributed by atoms with Crippen molar-refractivity contribution in [3.63, 3.8) is 0 Å². The fourth-order valence-corrected chi connectivity index (χ4v) is 3.44. The summed E-state index contributed by atoms with van der Waals surface area (Å²) in [6.45, 7) is 4.08. The Kier molecular flexibility index (Phi) is 5.41. The first-order valence-electron chi connectivity index (χ1n) is 8.30. The summed E-state index contributed by atoms with van der Waals surface area (Å²) in [6.07, 6.45) is 2.42. The van der Waals surface area contributed by atoms with E-state index in [4.69, 9.17) is 0 Å². The summed E-state index contributed by atoms with van der Waals surface area (Å²) in [4.78, 5) is 14.7. The van der Waals surface area contributed by atoms with Crippen LogP contribution >= 0.6 is 15.9 Å². The minimum Gasteiger partial charge on any atom is -0.370 e. The number of carbonyl (C=O) groups excluding carboxylic acids is 1. The number of hydrogen-bond acceptors (Lipinski definition) is 2. The standard InChI is InChI=1S/C19H22BrN3O/c1-14(15-7-6-8-16(20)13-15)21-19(24)22-17-9-2-3-10-18(17)23-11-4-5-12-23/h2-3,6-10,13-14H,4-5,11-12H2,1H3,(H2,21,22,24). The topological polar surface area (TPSA) is 44.4 Å². The highest BCUT2D eigenvalue weighted by molar-refractivity contribution is 9.10. The molecule has 0 spiro atoms. The highest BCUT2D eigenvalue weighted by Gasteiger charge is 2.17. The van der Waals surface area contributed by atoms with Crippen LogP contribution in [0.15, 0.2) is 53.0 Å². The Morgan fingerprint density at radius 1 is 1.12 bits per heavy atom. The van der Waals surface area contributed by atoms with E-state index in [2.05, 4.69) is 37.5 Å². The van der Waals surface area contributed by atoms with Crippen molar-refractivity contribution >= 4 is 33.3 Å². The molecule has 0 bridgehead atoms. The van der Waals surface area contributed by atoms with Crippen LogP contribution in [0.25, 0.3) is 0 Å². The molecule has 1 unspecified atom stereocenters. The molecule has 2 aromatic carbocycles. The van der Waals surface area contributed by atoms with Crippen molar-refractivity contribution in [2.24, 2.45) is 0 Å². The highest BCUT2D eigenvalue weighted by atomic mass is 79.9. The predicted molar refractivity (Wildman–Crippen MR) is 103 cm³/mol. The Hall–Kier alpha value is -2.01. The van der Waals surface area contributed by atoms with Gasteiger partial charge < -0.3 is 15.5 Å². The van der Waals surface area contributed by atoms with Crippen LogP contribution in [0.4, 0.5) is 16.2 Å². The number of urea groups is 1. The first kappa shape index (κ1) is 16.8. The minimum atomic E-state index is -0.186. The quantitative estimate of drug-likeness (QED) is 0.780. The highest BCUT2D eigenvalue weighted by Crippen LogP contribution is 2.28. The van der Waals surface area contributed by atoms with Gasteiger partial charge in [-0.05, 0) is 49.6 Å². The van der Waals surface area contributed by atoms with E-state index in [1.54, 1.807) is 0 Å². The number of halogens is 1. The predicted octanol–water partition coefficient (Wildman–Crippen LogP) is 4.93. The average molecular weight is 388 g/mol. The molecule has 1 aliphatic heterocycles. The van der Waals surface area contributed by atoms with Crippen LogP contribution in [-0.4, -0.2) is 19.1 Å². The smallest absolute Gasteiger partial charge is 0.319 e. The van der Waals surface area contributed by atoms with Crippen LogP contribution in [0.1, 0.15) is 31.4 Å². The second kappa shape index (κ2) is 7.71. The van der Waals surface area contributed by atoms with Crippen LogP contribution in [-0.2, 0) is 0 Å². The lowest BCUT2D eigenvalue weighted by Crippen LogP contribution is -2.32. The molecule has 1 fully saturated rings. The summed E-state index contributed by atoms with van der Waals surface area (Å²) in [6, 6.07) is 15.7. The number of benzene rings is 2. The first-order chi connectivity index (χ1) is 11.6. The molecule has 0 aliphatic carbocycles. The van der Waals surface area contributed by atoms with E-state index in [1.165, 1.54) is 12.8 Å². The average Bonchev–Trinajstić information content (AvgIpc) is 3.09. The molecule has 1 aliphatic rings. The Morgan fingerprint density at radius 2 is 1.88 bits per heavy atom. The lowest BCUT2D eigenvalue weighted by atomic mass is 10.1. The van der Waals surface area contributed by atoms with Crippen molar-refractivity contribution in [3.05, 3.63) is 58.6 Å². The van der Waals surface area contributed by atoms with Gasteiger partial charge in [0, 0.05) is 17.6 Å². The summed E-state index contributed by atoms with van der Waals surface area (Å²) in [7, 11) is 0. The van der Waals surface area contributed by atoms with Gasteiger partial charge in [0.2, 0.25) is 0 Å². The van der Waals surface area contributed by atoms with Crippen molar-refractivity contribution < 1.29 is 4.79 Å². The summed E-state index contributed by atoms with van der Waals surface area (Å²) in [5.41, 5.74) is 3.02. The van der Waals surface area contributed by atoms with Crippen LogP contribution in [0.3, 0.4) is 0 Å². The van der Waals surface area contributed by atoms with Crippen LogP contribution < -0.4 is 15.5 Å². The Bertz CT molecular complexity index is 713. The number of anilines is 2. The van der Waals surface area contributed by atoms with Gasteiger partial charge >= 0.3 is 6.03 Å². The molecule has 0 saturated carbocycles. The largest absolute Gasteiger partial charge is 0.370 e. The number of amides is 2. The van der Waals surface area contributed by atoms with E-state index in [9.17, 15) is 4.79 Å². The van der Waals surface area contributed by atoms with E-state index in [0.717, 1.165) is 34.5 Å². The second-order valence-corrected chi connectivity index (χ2v) is 7.00. The van der Waals surface area contributed by atoms with Gasteiger partial charge in [-0.15, -0.1) is 0 Å². The monoisotopic (exact) mass is 387 g/mol. The van der Waals surface area contributed by atoms with Crippen LogP contribution in [0, 0.1) is 0 Å². The summed E-state index contributed by atoms with van der Waals surface area (Å²) >= 11 is 3.46. The Labute approximate surface area is 151 Å². The fraction of sp³-hybridized carbons (Fsp3) is 0.316. The number of rotatable bonds is 4. The van der Waals surface area contributed by atoms with E-state index < -0.39 is 0 Å². The van der Waals surface area contributed by atoms with E-state index in [-0.39, 0.29) is 12.1 Å². The lowest BCUT2D eigenvalue weighted by Gasteiger charge is -2.22. The normalized spacial score (nSPS) is 15.2. The number of nitrogens with zero attached hydrogens (tertiary/aromatic N) is 1. The van der Waals surface area contributed by atoms with Gasteiger partial charge in [-0.25, -0.2) is 4.79 Å². The lowest BCUT2D eigenvalue weighted by molar-refractivity contribution is 0.249. The third kappa shape index (κ3) is 4.09. The van der Waals surface area contributed by atoms with Gasteiger partial charge in [0.15, 0.2) is 0 Å². The molecule has 126 valence electrons. The molecule has 0 aromatic heterocycles. The molecule has 2 aromatic rings. The minimum absolute atomic E-state index is 0.0681. The van der Waals surface area contributed by atoms with Crippen molar-refractivity contribution in [1.29, 1.82) is 0 Å².